The van der Waals surface area contributed by atoms with E-state index in [1.807, 2.05) is 12.1 Å². The van der Waals surface area contributed by atoms with Crippen LogP contribution in [0.15, 0.2) is 77.1 Å². The Morgan fingerprint density at radius 2 is 1.88 bits per heavy atom. The first-order valence-electron chi connectivity index (χ1n) is 12.9. The van der Waals surface area contributed by atoms with E-state index in [9.17, 15) is 26.4 Å². The van der Waals surface area contributed by atoms with Gasteiger partial charge < -0.3 is 11.1 Å². The molecule has 4 heterocycles. The van der Waals surface area contributed by atoms with Crippen molar-refractivity contribution in [2.45, 2.75) is 42.4 Å². The van der Waals surface area contributed by atoms with E-state index >= 15 is 0 Å². The first-order valence-corrected chi connectivity index (χ1v) is 15.5. The highest BCUT2D eigenvalue weighted by Crippen LogP contribution is 2.41. The van der Waals surface area contributed by atoms with E-state index in [0.717, 1.165) is 29.2 Å². The van der Waals surface area contributed by atoms with E-state index in [1.54, 1.807) is 24.4 Å². The zero-order chi connectivity index (χ0) is 30.1. The molecule has 1 aromatic carbocycles. The Bertz CT molecular complexity index is 1700. The second-order valence-electron chi connectivity index (χ2n) is 9.92. The summed E-state index contributed by atoms with van der Waals surface area (Å²) >= 11 is 6.98. The van der Waals surface area contributed by atoms with Crippen LogP contribution in [-0.4, -0.2) is 40.8 Å². The van der Waals surface area contributed by atoms with E-state index in [-0.39, 0.29) is 28.1 Å². The van der Waals surface area contributed by atoms with Gasteiger partial charge in [-0.3, -0.25) is 9.78 Å². The third-order valence-corrected chi connectivity index (χ3v) is 11.3. The summed E-state index contributed by atoms with van der Waals surface area (Å²) in [4.78, 5) is 21.5. The minimum absolute atomic E-state index is 0.0196. The van der Waals surface area contributed by atoms with Crippen molar-refractivity contribution in [3.8, 4) is 11.3 Å². The number of pyridine rings is 2. The van der Waals surface area contributed by atoms with E-state index in [2.05, 4.69) is 15.3 Å². The maximum Gasteiger partial charge on any atom is 0.416 e. The summed E-state index contributed by atoms with van der Waals surface area (Å²) in [5, 5.41) is 3.18. The van der Waals surface area contributed by atoms with Gasteiger partial charge in [0.15, 0.2) is 10.3 Å². The monoisotopic (exact) mass is 636 g/mol. The number of aromatic nitrogens is 2. The molecule has 0 radical (unpaired) electrons. The van der Waals surface area contributed by atoms with Crippen molar-refractivity contribution in [1.82, 2.24) is 9.97 Å². The molecule has 1 unspecified atom stereocenters. The third kappa shape index (κ3) is 6.00. The van der Waals surface area contributed by atoms with Crippen LogP contribution in [-0.2, 0) is 34.1 Å². The molecule has 1 saturated heterocycles. The number of hydrogen-bond acceptors (Lipinski definition) is 7. The predicted molar refractivity (Wildman–Crippen MR) is 154 cm³/mol. The molecule has 8 nitrogen and oxygen atoms in total. The van der Waals surface area contributed by atoms with Gasteiger partial charge in [-0.05, 0) is 48.5 Å². The lowest BCUT2D eigenvalue weighted by atomic mass is 10.1. The van der Waals surface area contributed by atoms with Crippen molar-refractivity contribution >= 4 is 44.7 Å². The highest BCUT2D eigenvalue weighted by molar-refractivity contribution is 7.88. The molecular weight excluding hydrogens is 611 g/mol. The molecule has 5 rings (SSSR count). The Balaban J connectivity index is 1.59. The molecule has 1 aliphatic heterocycles. The SMILES string of the molecule is NC(=O)[C@@H]1CCC[N+]1(Cc1cc(NCc2ccccn2)nc(-c2ccc(C(F)(F)F)cc2)c1)S(=O)(=O)c1ccc(Cl)s1. The number of carbonyl (C=O) groups is 1. The second-order valence-corrected chi connectivity index (χ2v) is 14.0. The molecule has 2 atom stereocenters. The van der Waals surface area contributed by atoms with Gasteiger partial charge in [0.05, 0.1) is 34.4 Å². The molecule has 0 aliphatic carbocycles. The van der Waals surface area contributed by atoms with Crippen molar-refractivity contribution < 1.29 is 30.3 Å². The van der Waals surface area contributed by atoms with Gasteiger partial charge in [-0.25, -0.2) is 4.98 Å². The largest absolute Gasteiger partial charge is 0.416 e. The molecule has 4 aromatic rings. The van der Waals surface area contributed by atoms with Crippen molar-refractivity contribution in [3.05, 3.63) is 94.1 Å². The number of anilines is 1. The first-order chi connectivity index (χ1) is 19.9. The number of alkyl halides is 3. The number of primary amides is 1. The third-order valence-electron chi connectivity index (χ3n) is 7.21. The highest BCUT2D eigenvalue weighted by atomic mass is 35.5. The lowest BCUT2D eigenvalue weighted by Crippen LogP contribution is -2.59. The Morgan fingerprint density at radius 1 is 1.12 bits per heavy atom. The quantitative estimate of drug-likeness (QED) is 0.223. The summed E-state index contributed by atoms with van der Waals surface area (Å²) in [6, 6.07) is 15.2. The fourth-order valence-corrected chi connectivity index (χ4v) is 9.12. The Morgan fingerprint density at radius 3 is 2.50 bits per heavy atom. The van der Waals surface area contributed by atoms with E-state index in [1.165, 1.54) is 24.3 Å². The van der Waals surface area contributed by atoms with Gasteiger partial charge in [0.1, 0.15) is 12.4 Å². The lowest BCUT2D eigenvalue weighted by molar-refractivity contribution is -0.823. The Kier molecular flexibility index (Phi) is 8.30. The maximum atomic E-state index is 14.1. The number of nitrogens with one attached hydrogen (secondary N) is 1. The van der Waals surface area contributed by atoms with Crippen molar-refractivity contribution in [1.29, 1.82) is 0 Å². The number of quaternary nitrogens is 1. The normalized spacial score (nSPS) is 19.1. The van der Waals surface area contributed by atoms with Crippen LogP contribution in [0, 0.1) is 0 Å². The number of sulfonamides is 1. The predicted octanol–water partition coefficient (Wildman–Crippen LogP) is 5.84. The summed E-state index contributed by atoms with van der Waals surface area (Å²) in [5.74, 6) is -0.373. The van der Waals surface area contributed by atoms with E-state index in [4.69, 9.17) is 17.3 Å². The van der Waals surface area contributed by atoms with Gasteiger partial charge in [-0.2, -0.15) is 25.5 Å². The molecule has 42 heavy (non-hydrogen) atoms. The number of likely N-dealkylation sites (tertiary alicyclic amines) is 1. The molecule has 3 N–H and O–H groups in total. The van der Waals surface area contributed by atoms with Crippen molar-refractivity contribution in [2.24, 2.45) is 5.73 Å². The number of carbonyl (C=O) groups excluding carboxylic acids is 1. The van der Waals surface area contributed by atoms with Gasteiger partial charge in [0.25, 0.3) is 5.91 Å². The van der Waals surface area contributed by atoms with Gasteiger partial charge in [0.2, 0.25) is 0 Å². The van der Waals surface area contributed by atoms with Crippen LogP contribution in [0.25, 0.3) is 11.3 Å². The standard InChI is InChI=1S/C28H25ClF3N5O3S2/c29-24-10-11-26(41-24)42(39,40)37(13-3-5-23(37)27(33)38)17-18-14-22(19-6-8-20(9-7-19)28(30,31)32)36-25(15-18)35-16-21-4-1-2-12-34-21/h1-2,4,6-12,14-15,23H,3,5,13,16-17H2,(H2-,33,35,36,38)/p+1/t23-,37?/m0/s1. The minimum atomic E-state index is -4.50. The average molecular weight is 637 g/mol. The molecule has 0 bridgehead atoms. The molecule has 0 saturated carbocycles. The first kappa shape index (κ1) is 30.0. The molecule has 1 aliphatic rings. The topological polar surface area (TPSA) is 115 Å². The summed E-state index contributed by atoms with van der Waals surface area (Å²) in [6.45, 7) is 0.305. The molecule has 0 spiro atoms. The number of rotatable bonds is 9. The van der Waals surface area contributed by atoms with Crippen LogP contribution in [0.2, 0.25) is 4.34 Å². The number of thiophene rings is 1. The molecular formula is C28H26ClF3N5O3S2+. The molecule has 1 fully saturated rings. The fraction of sp³-hybridized carbons (Fsp3) is 0.250. The van der Waals surface area contributed by atoms with Gasteiger partial charge in [0, 0.05) is 30.2 Å². The van der Waals surface area contributed by atoms with Crippen LogP contribution >= 0.6 is 22.9 Å². The van der Waals surface area contributed by atoms with Gasteiger partial charge in [-0.15, -0.1) is 11.3 Å². The number of amides is 1. The summed E-state index contributed by atoms with van der Waals surface area (Å²) in [7, 11) is -4.14. The Hall–Kier alpha value is -3.52. The number of nitrogens with zero attached hydrogens (tertiary/aromatic N) is 3. The van der Waals surface area contributed by atoms with Gasteiger partial charge in [-0.1, -0.05) is 29.8 Å². The molecule has 1 amide bonds. The van der Waals surface area contributed by atoms with Crippen LogP contribution < -0.4 is 11.1 Å². The van der Waals surface area contributed by atoms with Crippen molar-refractivity contribution in [2.75, 3.05) is 11.9 Å². The molecule has 220 valence electrons. The van der Waals surface area contributed by atoms with E-state index in [0.29, 0.717) is 35.6 Å². The second kappa shape index (κ2) is 11.6. The van der Waals surface area contributed by atoms with Gasteiger partial charge >= 0.3 is 16.2 Å². The summed E-state index contributed by atoms with van der Waals surface area (Å²) in [5.41, 5.74) is 6.90. The zero-order valence-corrected chi connectivity index (χ0v) is 24.4. The fourth-order valence-electron chi connectivity index (χ4n) is 5.23. The number of halogens is 4. The highest BCUT2D eigenvalue weighted by Gasteiger charge is 2.55. The maximum absolute atomic E-state index is 14.1. The smallest absolute Gasteiger partial charge is 0.364 e. The Labute approximate surface area is 249 Å². The van der Waals surface area contributed by atoms with Crippen LogP contribution in [0.4, 0.5) is 19.0 Å². The van der Waals surface area contributed by atoms with Crippen LogP contribution in [0.5, 0.6) is 0 Å². The van der Waals surface area contributed by atoms with Crippen LogP contribution in [0.3, 0.4) is 0 Å². The number of benzene rings is 1. The van der Waals surface area contributed by atoms with Crippen LogP contribution in [0.1, 0.15) is 29.7 Å². The van der Waals surface area contributed by atoms with E-state index < -0.39 is 37.6 Å². The molecule has 14 heteroatoms. The number of hydrogen-bond donors (Lipinski definition) is 2. The van der Waals surface area contributed by atoms with Crippen molar-refractivity contribution in [3.63, 3.8) is 0 Å². The molecule has 3 aromatic heterocycles. The minimum Gasteiger partial charge on any atom is -0.364 e. The average Bonchev–Trinajstić information content (AvgIpc) is 3.60. The summed E-state index contributed by atoms with van der Waals surface area (Å²) in [6.07, 6.45) is -2.12. The zero-order valence-electron chi connectivity index (χ0n) is 22.0. The lowest BCUT2D eigenvalue weighted by Gasteiger charge is -2.36. The number of nitrogens with two attached hydrogens (primary N) is 1. The summed E-state index contributed by atoms with van der Waals surface area (Å²) < 4.78 is 67.6.